The minimum absolute atomic E-state index is 0.320. The number of nitrogens with zero attached hydrogens (tertiary/aromatic N) is 1. The number of carbonyl (C=O) groups excluding carboxylic acids is 2. The molecule has 0 aromatic carbocycles. The predicted octanol–water partition coefficient (Wildman–Crippen LogP) is -1.83. The zero-order valence-electron chi connectivity index (χ0n) is 7.87. The number of halogens is 2. The number of hydrogen-bond acceptors (Lipinski definition) is 4. The zero-order chi connectivity index (χ0) is 11.6. The van der Waals surface area contributed by atoms with Crippen LogP contribution in [0.2, 0.25) is 0 Å². The lowest BCUT2D eigenvalue weighted by molar-refractivity contribution is -0.154. The van der Waals surface area contributed by atoms with Gasteiger partial charge >= 0.3 is 11.8 Å². The Morgan fingerprint density at radius 3 is 2.47 bits per heavy atom. The molecule has 1 aliphatic heterocycles. The number of alkyl halides is 2. The Bertz CT molecular complexity index is 284. The molecule has 0 spiro atoms. The first-order chi connectivity index (χ1) is 6.88. The quantitative estimate of drug-likeness (QED) is 0.296. The van der Waals surface area contributed by atoms with Crippen molar-refractivity contribution >= 4 is 11.8 Å². The SMILES string of the molecule is NNC(=O)C(F)(F)CN1CCC1C(N)=O. The maximum atomic E-state index is 13.0. The third-order valence-electron chi connectivity index (χ3n) is 2.32. The molecule has 0 aliphatic carbocycles. The van der Waals surface area contributed by atoms with Gasteiger partial charge in [0.05, 0.1) is 12.6 Å². The van der Waals surface area contributed by atoms with Gasteiger partial charge in [0.15, 0.2) is 0 Å². The average Bonchev–Trinajstić information content (AvgIpc) is 2.10. The van der Waals surface area contributed by atoms with Crippen molar-refractivity contribution in [3.05, 3.63) is 0 Å². The van der Waals surface area contributed by atoms with Crippen LogP contribution in [0.3, 0.4) is 0 Å². The summed E-state index contributed by atoms with van der Waals surface area (Å²) in [6, 6.07) is -0.707. The summed E-state index contributed by atoms with van der Waals surface area (Å²) in [5.41, 5.74) is 6.34. The smallest absolute Gasteiger partial charge is 0.338 e. The summed E-state index contributed by atoms with van der Waals surface area (Å²) in [6.45, 7) is -0.523. The molecule has 15 heavy (non-hydrogen) atoms. The van der Waals surface area contributed by atoms with E-state index in [0.717, 1.165) is 4.90 Å². The number of carbonyl (C=O) groups is 2. The molecular weight excluding hydrogens is 210 g/mol. The van der Waals surface area contributed by atoms with Gasteiger partial charge in [-0.3, -0.25) is 19.9 Å². The van der Waals surface area contributed by atoms with Gasteiger partial charge < -0.3 is 5.73 Å². The Morgan fingerprint density at radius 1 is 1.53 bits per heavy atom. The van der Waals surface area contributed by atoms with Gasteiger partial charge in [0.2, 0.25) is 5.91 Å². The van der Waals surface area contributed by atoms with Crippen LogP contribution in [0.5, 0.6) is 0 Å². The highest BCUT2D eigenvalue weighted by Gasteiger charge is 2.45. The van der Waals surface area contributed by atoms with Crippen LogP contribution in [0.15, 0.2) is 0 Å². The van der Waals surface area contributed by atoms with Gasteiger partial charge in [-0.15, -0.1) is 0 Å². The van der Waals surface area contributed by atoms with E-state index >= 15 is 0 Å². The van der Waals surface area contributed by atoms with Crippen LogP contribution in [-0.4, -0.2) is 41.8 Å². The normalized spacial score (nSPS) is 21.9. The lowest BCUT2D eigenvalue weighted by Crippen LogP contribution is -2.60. The van der Waals surface area contributed by atoms with E-state index in [1.807, 2.05) is 0 Å². The van der Waals surface area contributed by atoms with Gasteiger partial charge in [0.1, 0.15) is 0 Å². The highest BCUT2D eigenvalue weighted by Crippen LogP contribution is 2.23. The summed E-state index contributed by atoms with van der Waals surface area (Å²) >= 11 is 0. The summed E-state index contributed by atoms with van der Waals surface area (Å²) < 4.78 is 26.1. The highest BCUT2D eigenvalue weighted by molar-refractivity contribution is 5.84. The van der Waals surface area contributed by atoms with Crippen LogP contribution in [0.1, 0.15) is 6.42 Å². The van der Waals surface area contributed by atoms with E-state index in [-0.39, 0.29) is 0 Å². The van der Waals surface area contributed by atoms with E-state index in [9.17, 15) is 18.4 Å². The first kappa shape index (κ1) is 11.8. The molecule has 86 valence electrons. The molecule has 5 N–H and O–H groups in total. The van der Waals surface area contributed by atoms with Gasteiger partial charge in [-0.25, -0.2) is 5.84 Å². The second kappa shape index (κ2) is 4.07. The minimum Gasteiger partial charge on any atom is -0.368 e. The van der Waals surface area contributed by atoms with Crippen molar-refractivity contribution in [3.63, 3.8) is 0 Å². The van der Waals surface area contributed by atoms with Crippen LogP contribution < -0.4 is 17.0 Å². The number of rotatable bonds is 4. The summed E-state index contributed by atoms with van der Waals surface area (Å²) in [7, 11) is 0. The molecule has 1 atom stereocenters. The van der Waals surface area contributed by atoms with Gasteiger partial charge in [0, 0.05) is 6.54 Å². The summed E-state index contributed by atoms with van der Waals surface area (Å²) in [5.74, 6) is -1.24. The Morgan fingerprint density at radius 2 is 2.13 bits per heavy atom. The Hall–Kier alpha value is -1.28. The lowest BCUT2D eigenvalue weighted by Gasteiger charge is -2.39. The van der Waals surface area contributed by atoms with E-state index in [1.165, 1.54) is 5.43 Å². The number of amides is 2. The zero-order valence-corrected chi connectivity index (χ0v) is 7.87. The van der Waals surface area contributed by atoms with E-state index in [2.05, 4.69) is 5.84 Å². The van der Waals surface area contributed by atoms with E-state index in [0.29, 0.717) is 13.0 Å². The number of hydrogen-bond donors (Lipinski definition) is 3. The standard InChI is InChI=1S/C7H12F2N4O2/c8-7(9,6(15)12-11)3-13-2-1-4(13)5(10)14/h4H,1-3,11H2,(H2,10,14)(H,12,15). The molecule has 1 aliphatic rings. The molecule has 1 saturated heterocycles. The first-order valence-corrected chi connectivity index (χ1v) is 4.30. The van der Waals surface area contributed by atoms with Crippen molar-refractivity contribution < 1.29 is 18.4 Å². The van der Waals surface area contributed by atoms with Gasteiger partial charge in [-0.1, -0.05) is 0 Å². The number of primary amides is 1. The molecule has 2 amide bonds. The number of nitrogens with two attached hydrogens (primary N) is 2. The maximum Gasteiger partial charge on any atom is 0.338 e. The Labute approximate surface area is 84.5 Å². The van der Waals surface area contributed by atoms with Gasteiger partial charge in [0.25, 0.3) is 0 Å². The predicted molar refractivity (Wildman–Crippen MR) is 46.4 cm³/mol. The molecule has 0 aromatic heterocycles. The van der Waals surface area contributed by atoms with Gasteiger partial charge in [-0.2, -0.15) is 8.78 Å². The molecule has 1 unspecified atom stereocenters. The first-order valence-electron chi connectivity index (χ1n) is 4.30. The second-order valence-electron chi connectivity index (χ2n) is 3.36. The topological polar surface area (TPSA) is 101 Å². The monoisotopic (exact) mass is 222 g/mol. The summed E-state index contributed by atoms with van der Waals surface area (Å²) in [6.07, 6.45) is 0.440. The van der Waals surface area contributed by atoms with Crippen molar-refractivity contribution in [1.29, 1.82) is 0 Å². The van der Waals surface area contributed by atoms with Crippen molar-refractivity contribution in [2.45, 2.75) is 18.4 Å². The van der Waals surface area contributed by atoms with Crippen molar-refractivity contribution in [2.75, 3.05) is 13.1 Å². The Kier molecular flexibility index (Phi) is 3.20. The fourth-order valence-corrected chi connectivity index (χ4v) is 1.38. The molecule has 6 nitrogen and oxygen atoms in total. The van der Waals surface area contributed by atoms with E-state index in [1.54, 1.807) is 0 Å². The summed E-state index contributed by atoms with van der Waals surface area (Å²) in [5, 5.41) is 0. The molecule has 0 aromatic rings. The summed E-state index contributed by atoms with van der Waals surface area (Å²) in [4.78, 5) is 22.5. The molecule has 1 rings (SSSR count). The van der Waals surface area contributed by atoms with Crippen molar-refractivity contribution in [1.82, 2.24) is 10.3 Å². The molecule has 0 saturated carbocycles. The molecule has 0 radical (unpaired) electrons. The molecule has 1 heterocycles. The van der Waals surface area contributed by atoms with Crippen molar-refractivity contribution in [2.24, 2.45) is 11.6 Å². The molecule has 1 fully saturated rings. The average molecular weight is 222 g/mol. The number of hydrazine groups is 1. The largest absolute Gasteiger partial charge is 0.368 e. The minimum atomic E-state index is -3.61. The van der Waals surface area contributed by atoms with E-state index in [4.69, 9.17) is 5.73 Å². The fraction of sp³-hybridized carbons (Fsp3) is 0.714. The van der Waals surface area contributed by atoms with Crippen molar-refractivity contribution in [3.8, 4) is 0 Å². The maximum absolute atomic E-state index is 13.0. The lowest BCUT2D eigenvalue weighted by atomic mass is 10.0. The van der Waals surface area contributed by atoms with Gasteiger partial charge in [-0.05, 0) is 6.42 Å². The number of likely N-dealkylation sites (tertiary alicyclic amines) is 1. The number of nitrogens with one attached hydrogen (secondary N) is 1. The van der Waals surface area contributed by atoms with E-state index < -0.39 is 30.3 Å². The van der Waals surface area contributed by atoms with Crippen LogP contribution in [-0.2, 0) is 9.59 Å². The third kappa shape index (κ3) is 2.39. The molecule has 8 heteroatoms. The fourth-order valence-electron chi connectivity index (χ4n) is 1.38. The Balaban J connectivity index is 2.55. The van der Waals surface area contributed by atoms with Crippen LogP contribution in [0.4, 0.5) is 8.78 Å². The molecular formula is C7H12F2N4O2. The molecule has 0 bridgehead atoms. The highest BCUT2D eigenvalue weighted by atomic mass is 19.3. The van der Waals surface area contributed by atoms with Crippen LogP contribution in [0.25, 0.3) is 0 Å². The van der Waals surface area contributed by atoms with Crippen LogP contribution in [0, 0.1) is 0 Å². The van der Waals surface area contributed by atoms with Crippen LogP contribution >= 0.6 is 0 Å². The second-order valence-corrected chi connectivity index (χ2v) is 3.36. The third-order valence-corrected chi connectivity index (χ3v) is 2.32.